The van der Waals surface area contributed by atoms with Gasteiger partial charge in [-0.3, -0.25) is 0 Å². The van der Waals surface area contributed by atoms with Crippen molar-refractivity contribution in [2.24, 2.45) is 0 Å². The van der Waals surface area contributed by atoms with Gasteiger partial charge in [0.15, 0.2) is 22.1 Å². The maximum absolute atomic E-state index is 8.60. The van der Waals surface area contributed by atoms with Crippen molar-refractivity contribution in [2.75, 3.05) is 26.4 Å². The smallest absolute Gasteiger partial charge is 0.244 e. The lowest BCUT2D eigenvalue weighted by Crippen LogP contribution is -2.58. The molecule has 2 N–H and O–H groups in total. The highest BCUT2D eigenvalue weighted by Gasteiger charge is 2.14. The van der Waals surface area contributed by atoms with Gasteiger partial charge in [-0.2, -0.15) is 28.0 Å². The molecule has 4 rings (SSSR count). The van der Waals surface area contributed by atoms with Crippen LogP contribution in [0.4, 0.5) is 0 Å². The quantitative estimate of drug-likeness (QED) is 0.122. The fourth-order valence-corrected chi connectivity index (χ4v) is 3.99. The number of rotatable bonds is 11. The van der Waals surface area contributed by atoms with Crippen molar-refractivity contribution in [3.63, 3.8) is 0 Å². The Hall–Kier alpha value is -2.44. The van der Waals surface area contributed by atoms with Crippen LogP contribution >= 0.6 is 0 Å². The van der Waals surface area contributed by atoms with Gasteiger partial charge in [0, 0.05) is 0 Å². The molecule has 0 amide bonds. The SMILES string of the molecule is CCn1c[n+](CCOCCOCC[n+]2cn(CC)c3ccccc32)c2ccccc21.[O-][Cl+3]([O-])([O-])O.[O-][Cl+3]([O-])([O-])O. The lowest BCUT2D eigenvalue weighted by molar-refractivity contribution is -1.92. The molecule has 2 aromatic carbocycles. The van der Waals surface area contributed by atoms with E-state index in [2.05, 4.69) is 93.3 Å². The summed E-state index contributed by atoms with van der Waals surface area (Å²) in [5.74, 6) is 0. The highest BCUT2D eigenvalue weighted by atomic mass is 35.7. The summed E-state index contributed by atoms with van der Waals surface area (Å²) < 4.78 is 86.1. The second-order valence-electron chi connectivity index (χ2n) is 8.18. The minimum Gasteiger partial charge on any atom is -0.375 e. The van der Waals surface area contributed by atoms with E-state index in [9.17, 15) is 0 Å². The van der Waals surface area contributed by atoms with Crippen molar-refractivity contribution >= 4 is 22.1 Å². The predicted molar refractivity (Wildman–Crippen MR) is 122 cm³/mol. The molecular formula is C24H34Cl2N4O10+2. The summed E-state index contributed by atoms with van der Waals surface area (Å²) in [7, 11) is -9.39. The first kappa shape index (κ1) is 33.8. The molecule has 0 aliphatic rings. The van der Waals surface area contributed by atoms with Crippen LogP contribution in [0, 0.1) is 20.5 Å². The van der Waals surface area contributed by atoms with Crippen molar-refractivity contribution in [1.29, 1.82) is 0 Å². The van der Waals surface area contributed by atoms with Crippen molar-refractivity contribution < 1.29 is 76.4 Å². The van der Waals surface area contributed by atoms with Crippen molar-refractivity contribution in [2.45, 2.75) is 40.0 Å². The fourth-order valence-electron chi connectivity index (χ4n) is 3.99. The van der Waals surface area contributed by atoms with Crippen LogP contribution in [-0.2, 0) is 35.7 Å². The summed E-state index contributed by atoms with van der Waals surface area (Å²) in [6.07, 6.45) is 4.35. The van der Waals surface area contributed by atoms with Crippen molar-refractivity contribution in [3.05, 3.63) is 61.2 Å². The molecule has 0 atom stereocenters. The van der Waals surface area contributed by atoms with Crippen LogP contribution in [0.5, 0.6) is 0 Å². The summed E-state index contributed by atoms with van der Waals surface area (Å²) >= 11 is 0. The zero-order chi connectivity index (χ0) is 29.8. The molecule has 0 unspecified atom stereocenters. The van der Waals surface area contributed by atoms with Gasteiger partial charge in [-0.1, -0.05) is 24.3 Å². The average Bonchev–Trinajstić information content (AvgIpc) is 3.42. The zero-order valence-electron chi connectivity index (χ0n) is 22.1. The Kier molecular flexibility index (Phi) is 13.6. The topological polar surface area (TPSA) is 215 Å². The summed E-state index contributed by atoms with van der Waals surface area (Å²) in [6, 6.07) is 17.0. The van der Waals surface area contributed by atoms with Crippen LogP contribution in [0.15, 0.2) is 61.2 Å². The van der Waals surface area contributed by atoms with Gasteiger partial charge in [-0.25, -0.2) is 18.3 Å². The molecule has 40 heavy (non-hydrogen) atoms. The fraction of sp³-hybridized carbons (Fsp3) is 0.417. The number of aryl methyl sites for hydroxylation is 2. The first-order chi connectivity index (χ1) is 18.8. The lowest BCUT2D eigenvalue weighted by atomic mass is 10.3. The normalized spacial score (nSPS) is 11.8. The Morgan fingerprint density at radius 1 is 0.625 bits per heavy atom. The number of para-hydroxylation sites is 4. The molecular weight excluding hydrogens is 575 g/mol. The van der Waals surface area contributed by atoms with E-state index in [1.807, 2.05) is 0 Å². The highest BCUT2D eigenvalue weighted by Crippen LogP contribution is 2.11. The van der Waals surface area contributed by atoms with Crippen LogP contribution in [0.1, 0.15) is 13.8 Å². The third-order valence-corrected chi connectivity index (χ3v) is 5.57. The molecule has 0 bridgehead atoms. The van der Waals surface area contributed by atoms with E-state index < -0.39 is 20.5 Å². The highest BCUT2D eigenvalue weighted by molar-refractivity contribution is 5.72. The molecule has 0 saturated carbocycles. The van der Waals surface area contributed by atoms with Crippen molar-refractivity contribution in [3.8, 4) is 0 Å². The van der Waals surface area contributed by atoms with Gasteiger partial charge in [0.25, 0.3) is 0 Å². The number of benzene rings is 2. The minimum absolute atomic E-state index is 0.619. The Labute approximate surface area is 235 Å². The number of imidazole rings is 2. The van der Waals surface area contributed by atoms with E-state index in [1.54, 1.807) is 0 Å². The third-order valence-electron chi connectivity index (χ3n) is 5.57. The van der Waals surface area contributed by atoms with E-state index in [4.69, 9.17) is 46.7 Å². The van der Waals surface area contributed by atoms with Crippen LogP contribution in [0.25, 0.3) is 22.1 Å². The second-order valence-corrected chi connectivity index (χ2v) is 9.77. The van der Waals surface area contributed by atoms with Crippen LogP contribution in [0.2, 0.25) is 0 Å². The molecule has 0 aliphatic heterocycles. The number of ether oxygens (including phenoxy) is 2. The van der Waals surface area contributed by atoms with E-state index in [0.29, 0.717) is 26.4 Å². The molecule has 2 heterocycles. The Morgan fingerprint density at radius 3 is 1.27 bits per heavy atom. The summed E-state index contributed by atoms with van der Waals surface area (Å²) in [4.78, 5) is 0. The first-order valence-corrected chi connectivity index (χ1v) is 14.7. The number of hydrogen-bond acceptors (Lipinski definition) is 10. The molecule has 0 fully saturated rings. The molecule has 2 aromatic heterocycles. The monoisotopic (exact) mass is 608 g/mol. The number of nitrogens with zero attached hydrogens (tertiary/aromatic N) is 4. The van der Waals surface area contributed by atoms with E-state index >= 15 is 0 Å². The summed E-state index contributed by atoms with van der Waals surface area (Å²) in [5, 5.41) is 0. The maximum Gasteiger partial charge on any atom is 0.244 e. The standard InChI is InChI=1S/C24H32N4O2.2ClHO4/c1-3-25-19-27(23-11-7-5-9-21(23)25)13-15-29-17-18-30-16-14-28-20-26(4-2)22-10-6-8-12-24(22)28;2*2-1(3,4)5/h5-12,19-20H,3-4,13-18H2,1-2H3;2*(H,2,3,4,5)/q+2;;. The average molecular weight is 609 g/mol. The largest absolute Gasteiger partial charge is 0.375 e. The first-order valence-electron chi connectivity index (χ1n) is 12.2. The molecule has 0 saturated heterocycles. The zero-order valence-corrected chi connectivity index (χ0v) is 23.6. The van der Waals surface area contributed by atoms with Gasteiger partial charge in [-0.05, 0) is 38.1 Å². The van der Waals surface area contributed by atoms with Gasteiger partial charge >= 0.3 is 0 Å². The van der Waals surface area contributed by atoms with Crippen molar-refractivity contribution in [1.82, 2.24) is 9.13 Å². The van der Waals surface area contributed by atoms with Gasteiger partial charge in [0.05, 0.1) is 69.3 Å². The molecule has 0 aliphatic carbocycles. The van der Waals surface area contributed by atoms with E-state index in [1.165, 1.54) is 22.1 Å². The molecule has 16 heteroatoms. The second kappa shape index (κ2) is 16.1. The van der Waals surface area contributed by atoms with Gasteiger partial charge in [0.1, 0.15) is 13.1 Å². The van der Waals surface area contributed by atoms with Crippen LogP contribution < -0.4 is 37.1 Å². The molecule has 0 radical (unpaired) electrons. The maximum atomic E-state index is 8.60. The Balaban J connectivity index is 0.000000482. The van der Waals surface area contributed by atoms with Gasteiger partial charge in [-0.15, -0.1) is 0 Å². The van der Waals surface area contributed by atoms with Gasteiger partial charge in [0.2, 0.25) is 12.7 Å². The van der Waals surface area contributed by atoms with E-state index in [-0.39, 0.29) is 0 Å². The third kappa shape index (κ3) is 12.4. The van der Waals surface area contributed by atoms with Crippen LogP contribution in [-0.4, -0.2) is 44.9 Å². The number of fused-ring (bicyclic) bond motifs is 2. The number of hydrogen-bond donors (Lipinski definition) is 2. The molecule has 4 aromatic rings. The molecule has 14 nitrogen and oxygen atoms in total. The molecule has 222 valence electrons. The summed E-state index contributed by atoms with van der Waals surface area (Å²) in [5.41, 5.74) is 5.04. The minimum atomic E-state index is -4.69. The Morgan fingerprint density at radius 2 is 0.950 bits per heavy atom. The molecule has 0 spiro atoms. The van der Waals surface area contributed by atoms with Gasteiger partial charge < -0.3 is 9.47 Å². The van der Waals surface area contributed by atoms with Crippen LogP contribution in [0.3, 0.4) is 0 Å². The lowest BCUT2D eigenvalue weighted by Gasteiger charge is -2.04. The summed E-state index contributed by atoms with van der Waals surface area (Å²) in [6.45, 7) is 10.6. The number of halogens is 2. The Bertz CT molecular complexity index is 1190. The van der Waals surface area contributed by atoms with E-state index in [0.717, 1.165) is 26.2 Å². The predicted octanol–water partition coefficient (Wildman–Crippen LogP) is -5.30. The number of aromatic nitrogens is 4.